The third-order valence-corrected chi connectivity index (χ3v) is 7.67. The summed E-state index contributed by atoms with van der Waals surface area (Å²) in [5, 5.41) is 13.9. The molecular weight excluding hydrogens is 342 g/mol. The minimum atomic E-state index is -0.157. The molecule has 2 aliphatic carbocycles. The number of amides is 1. The quantitative estimate of drug-likeness (QED) is 0.842. The second kappa shape index (κ2) is 6.40. The summed E-state index contributed by atoms with van der Waals surface area (Å²) < 4.78 is 11.6. The molecule has 2 N–H and O–H groups in total. The van der Waals surface area contributed by atoms with Crippen LogP contribution in [0.25, 0.3) is 0 Å². The maximum absolute atomic E-state index is 12.3. The largest absolute Gasteiger partial charge is 0.508 e. The molecule has 3 fully saturated rings. The molecule has 5 nitrogen and oxygen atoms in total. The van der Waals surface area contributed by atoms with Gasteiger partial charge in [0.25, 0.3) is 0 Å². The molecule has 5 heteroatoms. The first-order valence-corrected chi connectivity index (χ1v) is 10.1. The highest BCUT2D eigenvalue weighted by Crippen LogP contribution is 2.70. The van der Waals surface area contributed by atoms with E-state index in [1.165, 1.54) is 0 Å². The number of methoxy groups -OCH3 is 1. The van der Waals surface area contributed by atoms with E-state index in [0.29, 0.717) is 24.9 Å². The van der Waals surface area contributed by atoms with Crippen molar-refractivity contribution in [1.82, 2.24) is 5.32 Å². The average Bonchev–Trinajstić information content (AvgIpc) is 3.14. The first-order valence-electron chi connectivity index (χ1n) is 10.1. The molecule has 1 aromatic rings. The van der Waals surface area contributed by atoms with Gasteiger partial charge in [0, 0.05) is 24.6 Å². The Balaban J connectivity index is 1.72. The van der Waals surface area contributed by atoms with Crippen LogP contribution in [0, 0.1) is 22.7 Å². The Morgan fingerprint density at radius 2 is 2.19 bits per heavy atom. The fourth-order valence-electron chi connectivity index (χ4n) is 6.25. The molecule has 1 saturated heterocycles. The van der Waals surface area contributed by atoms with Crippen molar-refractivity contribution in [3.05, 3.63) is 23.8 Å². The van der Waals surface area contributed by atoms with Gasteiger partial charge in [-0.15, -0.1) is 0 Å². The molecule has 0 aromatic heterocycles. The van der Waals surface area contributed by atoms with Crippen LogP contribution in [-0.2, 0) is 9.53 Å². The highest BCUT2D eigenvalue weighted by Gasteiger charge is 2.68. The van der Waals surface area contributed by atoms with E-state index in [2.05, 4.69) is 19.2 Å². The third-order valence-electron chi connectivity index (χ3n) is 7.67. The fourth-order valence-corrected chi connectivity index (χ4v) is 6.25. The standard InChI is InChI=1S/C22H31NO4/c1-5-18(25)23-20-21(2,3)13-10-16-19(27-9-8-22(16,20)12-13)15-11-14(26-4)6-7-17(15)24/h6-7,11,13,16,19-20,24H,5,8-10,12H2,1-4H3,(H,23,25)/t13-,16-,19-,20+,22?/m1/s1. The number of fused-ring (bicyclic) bond motifs is 1. The van der Waals surface area contributed by atoms with E-state index in [1.807, 2.05) is 13.0 Å². The first-order chi connectivity index (χ1) is 12.8. The summed E-state index contributed by atoms with van der Waals surface area (Å²) in [7, 11) is 1.63. The van der Waals surface area contributed by atoms with Gasteiger partial charge in [0.1, 0.15) is 11.5 Å². The van der Waals surface area contributed by atoms with Gasteiger partial charge in [-0.2, -0.15) is 0 Å². The minimum absolute atomic E-state index is 0.0391. The Kier molecular flexibility index (Phi) is 4.41. The number of phenols is 1. The van der Waals surface area contributed by atoms with E-state index in [9.17, 15) is 9.90 Å². The lowest BCUT2D eigenvalue weighted by Crippen LogP contribution is -2.58. The van der Waals surface area contributed by atoms with Gasteiger partial charge >= 0.3 is 0 Å². The van der Waals surface area contributed by atoms with Crippen molar-refractivity contribution < 1.29 is 19.4 Å². The van der Waals surface area contributed by atoms with Gasteiger partial charge in [0.2, 0.25) is 5.91 Å². The van der Waals surface area contributed by atoms with Gasteiger partial charge < -0.3 is 19.9 Å². The Hall–Kier alpha value is -1.75. The van der Waals surface area contributed by atoms with Crippen LogP contribution in [0.4, 0.5) is 0 Å². The van der Waals surface area contributed by atoms with Gasteiger partial charge in [0.05, 0.1) is 13.2 Å². The molecular formula is C22H31NO4. The van der Waals surface area contributed by atoms with Crippen LogP contribution in [0.15, 0.2) is 18.2 Å². The molecule has 1 amide bonds. The molecule has 2 bridgehead atoms. The molecule has 27 heavy (non-hydrogen) atoms. The normalized spacial score (nSPS) is 36.3. The molecule has 5 atom stereocenters. The molecule has 1 unspecified atom stereocenters. The second-order valence-electron chi connectivity index (χ2n) is 9.12. The molecule has 1 heterocycles. The van der Waals surface area contributed by atoms with Gasteiger partial charge in [-0.3, -0.25) is 4.79 Å². The van der Waals surface area contributed by atoms with Gasteiger partial charge in [-0.1, -0.05) is 20.8 Å². The summed E-state index contributed by atoms with van der Waals surface area (Å²) in [5.74, 6) is 1.96. The fraction of sp³-hybridized carbons (Fsp3) is 0.682. The zero-order valence-corrected chi connectivity index (χ0v) is 16.7. The second-order valence-corrected chi connectivity index (χ2v) is 9.12. The zero-order valence-electron chi connectivity index (χ0n) is 16.7. The molecule has 1 aliphatic heterocycles. The summed E-state index contributed by atoms with van der Waals surface area (Å²) in [4.78, 5) is 12.3. The number of ether oxygens (including phenoxy) is 2. The summed E-state index contributed by atoms with van der Waals surface area (Å²) in [5.41, 5.74) is 0.932. The monoisotopic (exact) mass is 373 g/mol. The van der Waals surface area contributed by atoms with E-state index in [1.54, 1.807) is 19.2 Å². The molecule has 4 rings (SSSR count). The number of phenolic OH excluding ortho intramolecular Hbond substituents is 1. The van der Waals surface area contributed by atoms with Crippen molar-refractivity contribution in [2.24, 2.45) is 22.7 Å². The lowest BCUT2D eigenvalue weighted by Gasteiger charge is -2.53. The van der Waals surface area contributed by atoms with Crippen LogP contribution in [0.1, 0.15) is 58.1 Å². The number of benzene rings is 1. The van der Waals surface area contributed by atoms with Crippen LogP contribution >= 0.6 is 0 Å². The highest BCUT2D eigenvalue weighted by molar-refractivity contribution is 5.76. The summed E-state index contributed by atoms with van der Waals surface area (Å²) >= 11 is 0. The van der Waals surface area contributed by atoms with Crippen LogP contribution in [-0.4, -0.2) is 30.8 Å². The van der Waals surface area contributed by atoms with E-state index in [0.717, 1.165) is 30.6 Å². The van der Waals surface area contributed by atoms with Crippen LogP contribution in [0.2, 0.25) is 0 Å². The summed E-state index contributed by atoms with van der Waals surface area (Å²) in [6.45, 7) is 7.17. The molecule has 3 aliphatic rings. The van der Waals surface area contributed by atoms with Gasteiger partial charge in [-0.25, -0.2) is 0 Å². The molecule has 0 radical (unpaired) electrons. The first kappa shape index (κ1) is 18.6. The van der Waals surface area contributed by atoms with Crippen molar-refractivity contribution in [2.45, 2.75) is 58.6 Å². The number of carbonyl (C=O) groups excluding carboxylic acids is 1. The smallest absolute Gasteiger partial charge is 0.219 e. The van der Waals surface area contributed by atoms with Crippen molar-refractivity contribution in [1.29, 1.82) is 0 Å². The number of carbonyl (C=O) groups is 1. The summed E-state index contributed by atoms with van der Waals surface area (Å²) in [6.07, 6.45) is 3.52. The summed E-state index contributed by atoms with van der Waals surface area (Å²) in [6, 6.07) is 5.51. The van der Waals surface area contributed by atoms with Gasteiger partial charge in [-0.05, 0) is 60.1 Å². The van der Waals surface area contributed by atoms with E-state index < -0.39 is 0 Å². The number of aromatic hydroxyl groups is 1. The van der Waals surface area contributed by atoms with E-state index in [4.69, 9.17) is 9.47 Å². The SMILES string of the molecule is CCC(=O)N[C@H]1C(C)(C)[C@@H]2C[C@@H]3[C@@H](c4cc(OC)ccc4O)OCCC31C2. The molecule has 1 spiro atoms. The Morgan fingerprint density at radius 3 is 2.89 bits per heavy atom. The van der Waals surface area contributed by atoms with Crippen molar-refractivity contribution >= 4 is 5.91 Å². The predicted octanol–water partition coefficient (Wildman–Crippen LogP) is 3.81. The topological polar surface area (TPSA) is 67.8 Å². The maximum atomic E-state index is 12.3. The van der Waals surface area contributed by atoms with Crippen LogP contribution < -0.4 is 10.1 Å². The van der Waals surface area contributed by atoms with Crippen molar-refractivity contribution in [2.75, 3.05) is 13.7 Å². The van der Waals surface area contributed by atoms with E-state index in [-0.39, 0.29) is 34.6 Å². The maximum Gasteiger partial charge on any atom is 0.219 e. The number of nitrogens with one attached hydrogen (secondary N) is 1. The van der Waals surface area contributed by atoms with E-state index >= 15 is 0 Å². The Labute approximate surface area is 161 Å². The van der Waals surface area contributed by atoms with Crippen molar-refractivity contribution in [3.8, 4) is 11.5 Å². The van der Waals surface area contributed by atoms with Crippen LogP contribution in [0.5, 0.6) is 11.5 Å². The number of hydrogen-bond acceptors (Lipinski definition) is 4. The lowest BCUT2D eigenvalue weighted by molar-refractivity contribution is -0.137. The number of rotatable bonds is 4. The average molecular weight is 373 g/mol. The lowest BCUT2D eigenvalue weighted by atomic mass is 9.58. The molecule has 2 saturated carbocycles. The van der Waals surface area contributed by atoms with Crippen molar-refractivity contribution in [3.63, 3.8) is 0 Å². The van der Waals surface area contributed by atoms with Crippen LogP contribution in [0.3, 0.4) is 0 Å². The number of hydrogen-bond donors (Lipinski definition) is 2. The highest BCUT2D eigenvalue weighted by atomic mass is 16.5. The Morgan fingerprint density at radius 1 is 1.41 bits per heavy atom. The zero-order chi connectivity index (χ0) is 19.4. The minimum Gasteiger partial charge on any atom is -0.508 e. The third kappa shape index (κ3) is 2.65. The Bertz CT molecular complexity index is 746. The molecule has 1 aromatic carbocycles. The molecule has 148 valence electrons. The van der Waals surface area contributed by atoms with Gasteiger partial charge in [0.15, 0.2) is 0 Å². The predicted molar refractivity (Wildman–Crippen MR) is 103 cm³/mol.